The fraction of sp³-hybridized carbons (Fsp3) is 0.190. The lowest BCUT2D eigenvalue weighted by Crippen LogP contribution is -2.27. The molecule has 4 heteroatoms. The molecule has 4 nitrogen and oxygen atoms in total. The van der Waals surface area contributed by atoms with Crippen LogP contribution in [0.5, 0.6) is 0 Å². The number of Topliss-reactive ketones (excluding diaryl/α,β-unsaturated/α-hetero) is 1. The predicted octanol–water partition coefficient (Wildman–Crippen LogP) is 3.46. The predicted molar refractivity (Wildman–Crippen MR) is 98.5 cm³/mol. The van der Waals surface area contributed by atoms with Crippen LogP contribution in [0, 0.1) is 0 Å². The van der Waals surface area contributed by atoms with Gasteiger partial charge in [0.2, 0.25) is 5.91 Å². The van der Waals surface area contributed by atoms with Crippen molar-refractivity contribution in [2.45, 2.75) is 19.8 Å². The summed E-state index contributed by atoms with van der Waals surface area (Å²) >= 11 is 0. The number of carbonyl (C=O) groups is 2. The summed E-state index contributed by atoms with van der Waals surface area (Å²) in [4.78, 5) is 29.7. The molecule has 0 bridgehead atoms. The number of fused-ring (bicyclic) bond motifs is 3. The first kappa shape index (κ1) is 15.5. The van der Waals surface area contributed by atoms with Crippen molar-refractivity contribution >= 4 is 28.3 Å². The van der Waals surface area contributed by atoms with Gasteiger partial charge in [-0.2, -0.15) is 0 Å². The summed E-state index contributed by atoms with van der Waals surface area (Å²) in [6, 6.07) is 17.4. The number of rotatable bonds is 3. The molecule has 124 valence electrons. The molecule has 0 fully saturated rings. The zero-order valence-electron chi connectivity index (χ0n) is 14.0. The molecule has 1 aromatic heterocycles. The van der Waals surface area contributed by atoms with Gasteiger partial charge in [-0.25, -0.2) is 0 Å². The molecule has 0 aliphatic carbocycles. The summed E-state index contributed by atoms with van der Waals surface area (Å²) in [5.74, 6) is -0.142. The van der Waals surface area contributed by atoms with Crippen molar-refractivity contribution in [2.75, 3.05) is 6.54 Å². The maximum atomic E-state index is 12.9. The summed E-state index contributed by atoms with van der Waals surface area (Å²) in [7, 11) is 0. The van der Waals surface area contributed by atoms with Gasteiger partial charge in [0.1, 0.15) is 5.71 Å². The van der Waals surface area contributed by atoms with Crippen LogP contribution in [0.3, 0.4) is 0 Å². The number of benzene rings is 2. The second kappa shape index (κ2) is 6.13. The molecule has 0 amide bonds. The Kier molecular flexibility index (Phi) is 3.80. The highest BCUT2D eigenvalue weighted by Crippen LogP contribution is 2.30. The molecule has 2 aromatic carbocycles. The fourth-order valence-electron chi connectivity index (χ4n) is 3.58. The zero-order valence-corrected chi connectivity index (χ0v) is 14.0. The highest BCUT2D eigenvalue weighted by Gasteiger charge is 2.28. The number of nitrogens with zero attached hydrogens (tertiary/aromatic N) is 2. The monoisotopic (exact) mass is 330 g/mol. The highest BCUT2D eigenvalue weighted by atomic mass is 16.2. The maximum Gasteiger partial charge on any atom is 0.228 e. The number of carbonyl (C=O) groups excluding carboxylic acids is 2. The van der Waals surface area contributed by atoms with E-state index in [1.165, 1.54) is 6.92 Å². The van der Waals surface area contributed by atoms with E-state index in [9.17, 15) is 9.59 Å². The Bertz CT molecular complexity index is 1010. The van der Waals surface area contributed by atoms with Crippen molar-refractivity contribution in [2.24, 2.45) is 4.99 Å². The fourth-order valence-corrected chi connectivity index (χ4v) is 3.58. The SMILES string of the molecule is CC(=O)n1c2c(c3ccccc31)CCN=C2C(=O)Cc1ccccc1. The minimum atomic E-state index is -0.0976. The molecule has 1 aliphatic rings. The average Bonchev–Trinajstić information content (AvgIpc) is 2.97. The number of hydrogen-bond acceptors (Lipinski definition) is 3. The van der Waals surface area contributed by atoms with Gasteiger partial charge in [0.05, 0.1) is 11.2 Å². The van der Waals surface area contributed by atoms with E-state index >= 15 is 0 Å². The van der Waals surface area contributed by atoms with Gasteiger partial charge in [-0.1, -0.05) is 48.5 Å². The van der Waals surface area contributed by atoms with Crippen LogP contribution in [0.4, 0.5) is 0 Å². The normalized spacial score (nSPS) is 13.4. The van der Waals surface area contributed by atoms with E-state index in [0.717, 1.165) is 28.5 Å². The molecule has 2 heterocycles. The molecule has 4 rings (SSSR count). The first-order valence-electron chi connectivity index (χ1n) is 8.42. The Morgan fingerprint density at radius 1 is 1.04 bits per heavy atom. The number of para-hydroxylation sites is 1. The van der Waals surface area contributed by atoms with E-state index in [-0.39, 0.29) is 11.7 Å². The van der Waals surface area contributed by atoms with Crippen molar-refractivity contribution < 1.29 is 9.59 Å². The first-order chi connectivity index (χ1) is 12.2. The van der Waals surface area contributed by atoms with Gasteiger partial charge in [0, 0.05) is 25.3 Å². The van der Waals surface area contributed by atoms with E-state index in [0.29, 0.717) is 24.4 Å². The smallest absolute Gasteiger partial charge is 0.228 e. The van der Waals surface area contributed by atoms with Gasteiger partial charge in [-0.05, 0) is 23.6 Å². The topological polar surface area (TPSA) is 51.4 Å². The number of ketones is 1. The summed E-state index contributed by atoms with van der Waals surface area (Å²) in [5.41, 5.74) is 3.96. The van der Waals surface area contributed by atoms with E-state index < -0.39 is 0 Å². The van der Waals surface area contributed by atoms with Gasteiger partial charge in [-0.15, -0.1) is 0 Å². The second-order valence-electron chi connectivity index (χ2n) is 6.26. The van der Waals surface area contributed by atoms with Gasteiger partial charge in [0.25, 0.3) is 0 Å². The molecule has 25 heavy (non-hydrogen) atoms. The summed E-state index contributed by atoms with van der Waals surface area (Å²) in [6.07, 6.45) is 1.04. The molecule has 0 atom stereocenters. The third-order valence-electron chi connectivity index (χ3n) is 4.62. The molecule has 0 saturated heterocycles. The van der Waals surface area contributed by atoms with E-state index in [1.807, 2.05) is 54.6 Å². The average molecular weight is 330 g/mol. The molecule has 0 radical (unpaired) electrons. The van der Waals surface area contributed by atoms with Crippen LogP contribution in [0.2, 0.25) is 0 Å². The molecule has 1 aliphatic heterocycles. The minimum Gasteiger partial charge on any atom is -0.292 e. The largest absolute Gasteiger partial charge is 0.292 e. The van der Waals surface area contributed by atoms with Crippen LogP contribution in [-0.4, -0.2) is 28.5 Å². The Morgan fingerprint density at radius 2 is 1.76 bits per heavy atom. The Balaban J connectivity index is 1.84. The van der Waals surface area contributed by atoms with E-state index in [4.69, 9.17) is 0 Å². The third-order valence-corrected chi connectivity index (χ3v) is 4.62. The summed E-state index contributed by atoms with van der Waals surface area (Å²) < 4.78 is 1.64. The van der Waals surface area contributed by atoms with Gasteiger partial charge >= 0.3 is 0 Å². The van der Waals surface area contributed by atoms with Gasteiger partial charge in [-0.3, -0.25) is 19.1 Å². The Hall–Kier alpha value is -3.01. The zero-order chi connectivity index (χ0) is 17.4. The standard InChI is InChI=1S/C21H18N2O2/c1-14(24)23-18-10-6-5-9-16(18)17-11-12-22-20(21(17)23)19(25)13-15-7-3-2-4-8-15/h2-10H,11-13H2,1H3. The second-order valence-corrected chi connectivity index (χ2v) is 6.26. The third kappa shape index (κ3) is 2.60. The maximum absolute atomic E-state index is 12.9. The first-order valence-corrected chi connectivity index (χ1v) is 8.42. The van der Waals surface area contributed by atoms with Crippen molar-refractivity contribution in [3.63, 3.8) is 0 Å². The Morgan fingerprint density at radius 3 is 2.52 bits per heavy atom. The van der Waals surface area contributed by atoms with Crippen molar-refractivity contribution in [3.05, 3.63) is 71.4 Å². The molecule has 0 saturated carbocycles. The van der Waals surface area contributed by atoms with Gasteiger partial charge < -0.3 is 0 Å². The molecule has 0 spiro atoms. The van der Waals surface area contributed by atoms with Crippen LogP contribution in [0.15, 0.2) is 59.6 Å². The molecular formula is C21H18N2O2. The van der Waals surface area contributed by atoms with Gasteiger partial charge in [0.15, 0.2) is 5.78 Å². The van der Waals surface area contributed by atoms with Crippen LogP contribution < -0.4 is 0 Å². The van der Waals surface area contributed by atoms with E-state index in [2.05, 4.69) is 4.99 Å². The highest BCUT2D eigenvalue weighted by molar-refractivity contribution is 6.47. The molecule has 0 unspecified atom stereocenters. The van der Waals surface area contributed by atoms with Crippen LogP contribution in [-0.2, 0) is 17.6 Å². The summed E-state index contributed by atoms with van der Waals surface area (Å²) in [5, 5.41) is 1.03. The minimum absolute atomic E-state index is 0.0440. The number of aromatic nitrogens is 1. The molecule has 3 aromatic rings. The van der Waals surface area contributed by atoms with Crippen LogP contribution >= 0.6 is 0 Å². The lowest BCUT2D eigenvalue weighted by Gasteiger charge is -2.15. The lowest BCUT2D eigenvalue weighted by atomic mass is 9.97. The number of aliphatic imine (C=N–C) groups is 1. The van der Waals surface area contributed by atoms with Crippen molar-refractivity contribution in [3.8, 4) is 0 Å². The molecular weight excluding hydrogens is 312 g/mol. The van der Waals surface area contributed by atoms with E-state index in [1.54, 1.807) is 4.57 Å². The Labute approximate surface area is 145 Å². The van der Waals surface area contributed by atoms with Crippen LogP contribution in [0.25, 0.3) is 10.9 Å². The number of hydrogen-bond donors (Lipinski definition) is 0. The van der Waals surface area contributed by atoms with Crippen LogP contribution in [0.1, 0.15) is 28.5 Å². The summed E-state index contributed by atoms with van der Waals surface area (Å²) in [6.45, 7) is 2.11. The quantitative estimate of drug-likeness (QED) is 0.738. The van der Waals surface area contributed by atoms with Crippen molar-refractivity contribution in [1.82, 2.24) is 4.57 Å². The van der Waals surface area contributed by atoms with Crippen molar-refractivity contribution in [1.29, 1.82) is 0 Å². The molecule has 0 N–H and O–H groups in total. The lowest BCUT2D eigenvalue weighted by molar-refractivity contribution is -0.112.